The van der Waals surface area contributed by atoms with E-state index in [-0.39, 0.29) is 0 Å². The maximum atomic E-state index is 9.34. The molecule has 0 aliphatic carbocycles. The first kappa shape index (κ1) is 22.6. The highest BCUT2D eigenvalue weighted by atomic mass is 16.5. The lowest BCUT2D eigenvalue weighted by Gasteiger charge is -2.23. The molecule has 1 aliphatic rings. The zero-order valence-electron chi connectivity index (χ0n) is 21.8. The molecule has 4 nitrogen and oxygen atoms in total. The normalized spacial score (nSPS) is 11.9. The van der Waals surface area contributed by atoms with Gasteiger partial charge in [-0.2, -0.15) is 5.26 Å². The van der Waals surface area contributed by atoms with Gasteiger partial charge in [0, 0.05) is 6.42 Å². The lowest BCUT2D eigenvalue weighted by molar-refractivity contribution is 0.474. The average Bonchev–Trinajstić information content (AvgIpc) is 3.40. The number of rotatable bonds is 3. The molecule has 6 aromatic carbocycles. The number of ether oxygens (including phenoxy) is 1. The van der Waals surface area contributed by atoms with Crippen molar-refractivity contribution in [2.24, 2.45) is 0 Å². The Balaban J connectivity index is 1.41. The molecule has 188 valence electrons. The number of hydrogen-bond acceptors (Lipinski definition) is 3. The predicted octanol–water partition coefficient (Wildman–Crippen LogP) is 9.21. The molecule has 7 aromatic rings. The lowest BCUT2D eigenvalue weighted by Crippen LogP contribution is -2.07. The van der Waals surface area contributed by atoms with Gasteiger partial charge in [-0.05, 0) is 80.2 Å². The third kappa shape index (κ3) is 3.15. The van der Waals surface area contributed by atoms with E-state index in [0.717, 1.165) is 51.6 Å². The van der Waals surface area contributed by atoms with Gasteiger partial charge in [0.25, 0.3) is 0 Å². The Labute approximate surface area is 231 Å². The summed E-state index contributed by atoms with van der Waals surface area (Å²) >= 11 is 0. The van der Waals surface area contributed by atoms with Crippen molar-refractivity contribution in [1.29, 1.82) is 5.26 Å². The Morgan fingerprint density at radius 1 is 0.700 bits per heavy atom. The van der Waals surface area contributed by atoms with Gasteiger partial charge in [-0.1, -0.05) is 79.7 Å². The van der Waals surface area contributed by atoms with E-state index in [2.05, 4.69) is 84.3 Å². The second-order valence-corrected chi connectivity index (χ2v) is 10.2. The molecule has 40 heavy (non-hydrogen) atoms. The fourth-order valence-corrected chi connectivity index (χ4v) is 6.24. The summed E-state index contributed by atoms with van der Waals surface area (Å²) < 4.78 is 8.77. The largest absolute Gasteiger partial charge is 0.453 e. The second-order valence-electron chi connectivity index (χ2n) is 10.2. The van der Waals surface area contributed by atoms with Crippen molar-refractivity contribution in [3.05, 3.63) is 121 Å². The standard InChI is InChI=1S/C36H23N3O/c1-2-33-38-29-12-7-13-31-36(29)39(33)30-19-18-24(20-32(30)40-31)35-27-10-5-3-8-25(27)34(26-9-4-6-11-28(26)35)23-16-14-22(21-37)15-17-23/h3-20H,2H2,1H3. The van der Waals surface area contributed by atoms with Crippen molar-refractivity contribution in [1.82, 2.24) is 9.55 Å². The summed E-state index contributed by atoms with van der Waals surface area (Å²) in [6.45, 7) is 2.14. The second kappa shape index (κ2) is 8.56. The first-order valence-electron chi connectivity index (χ1n) is 13.5. The summed E-state index contributed by atoms with van der Waals surface area (Å²) in [7, 11) is 0. The van der Waals surface area contributed by atoms with E-state index in [1.165, 1.54) is 32.7 Å². The van der Waals surface area contributed by atoms with E-state index in [9.17, 15) is 5.26 Å². The van der Waals surface area contributed by atoms with E-state index in [1.54, 1.807) is 0 Å². The van der Waals surface area contributed by atoms with E-state index >= 15 is 0 Å². The molecule has 2 heterocycles. The van der Waals surface area contributed by atoms with Crippen LogP contribution in [0, 0.1) is 11.3 Å². The van der Waals surface area contributed by atoms with Gasteiger partial charge in [0.2, 0.25) is 0 Å². The summed E-state index contributed by atoms with van der Waals surface area (Å²) in [4.78, 5) is 4.88. The summed E-state index contributed by atoms with van der Waals surface area (Å²) in [5.41, 5.74) is 8.22. The zero-order valence-corrected chi connectivity index (χ0v) is 21.8. The summed E-state index contributed by atoms with van der Waals surface area (Å²) in [6, 6.07) is 39.9. The maximum absolute atomic E-state index is 9.34. The van der Waals surface area contributed by atoms with Crippen molar-refractivity contribution in [2.75, 3.05) is 0 Å². The number of nitriles is 1. The number of hydrogen-bond donors (Lipinski definition) is 0. The van der Waals surface area contributed by atoms with E-state index in [4.69, 9.17) is 9.72 Å². The van der Waals surface area contributed by atoms with Crippen LogP contribution in [0.15, 0.2) is 109 Å². The van der Waals surface area contributed by atoms with Crippen LogP contribution in [0.5, 0.6) is 11.5 Å². The number of benzene rings is 6. The van der Waals surface area contributed by atoms with Crippen LogP contribution in [0.3, 0.4) is 0 Å². The number of aromatic nitrogens is 2. The van der Waals surface area contributed by atoms with E-state index < -0.39 is 0 Å². The molecule has 0 unspecified atom stereocenters. The van der Waals surface area contributed by atoms with Crippen LogP contribution in [0.25, 0.3) is 60.5 Å². The quantitative estimate of drug-likeness (QED) is 0.221. The Kier molecular flexibility index (Phi) is 4.83. The summed E-state index contributed by atoms with van der Waals surface area (Å²) in [6.07, 6.45) is 0.835. The third-order valence-electron chi connectivity index (χ3n) is 7.97. The number of aryl methyl sites for hydroxylation is 1. The average molecular weight is 514 g/mol. The van der Waals surface area contributed by atoms with Crippen LogP contribution >= 0.6 is 0 Å². The lowest BCUT2D eigenvalue weighted by atomic mass is 9.86. The Hall–Kier alpha value is -5.40. The molecule has 0 amide bonds. The molecular weight excluding hydrogens is 490 g/mol. The first-order valence-corrected chi connectivity index (χ1v) is 13.5. The van der Waals surface area contributed by atoms with Gasteiger partial charge in [0.1, 0.15) is 11.3 Å². The molecule has 0 bridgehead atoms. The van der Waals surface area contributed by atoms with E-state index in [1.807, 2.05) is 42.5 Å². The van der Waals surface area contributed by atoms with Gasteiger partial charge in [-0.3, -0.25) is 4.57 Å². The Bertz CT molecular complexity index is 2130. The molecule has 0 spiro atoms. The molecule has 0 atom stereocenters. The van der Waals surface area contributed by atoms with Crippen LogP contribution in [-0.4, -0.2) is 9.55 Å². The highest BCUT2D eigenvalue weighted by Crippen LogP contribution is 2.47. The van der Waals surface area contributed by atoms with Gasteiger partial charge in [-0.15, -0.1) is 0 Å². The van der Waals surface area contributed by atoms with Gasteiger partial charge in [-0.25, -0.2) is 4.98 Å². The zero-order chi connectivity index (χ0) is 26.8. The molecule has 1 aliphatic heterocycles. The molecule has 0 N–H and O–H groups in total. The van der Waals surface area contributed by atoms with Crippen LogP contribution < -0.4 is 4.74 Å². The van der Waals surface area contributed by atoms with Crippen LogP contribution in [0.1, 0.15) is 18.3 Å². The number of fused-ring (bicyclic) bond motifs is 4. The minimum Gasteiger partial charge on any atom is -0.453 e. The van der Waals surface area contributed by atoms with E-state index in [0.29, 0.717) is 5.56 Å². The fourth-order valence-electron chi connectivity index (χ4n) is 6.24. The summed E-state index contributed by atoms with van der Waals surface area (Å²) in [5, 5.41) is 14.0. The number of nitrogens with zero attached hydrogens (tertiary/aromatic N) is 3. The van der Waals surface area contributed by atoms with Crippen molar-refractivity contribution in [3.8, 4) is 45.5 Å². The molecule has 0 fully saturated rings. The topological polar surface area (TPSA) is 50.8 Å². The molecule has 0 saturated carbocycles. The van der Waals surface area contributed by atoms with Crippen LogP contribution in [0.4, 0.5) is 0 Å². The molecule has 1 aromatic heterocycles. The van der Waals surface area contributed by atoms with Crippen molar-refractivity contribution < 1.29 is 4.74 Å². The number of imidazole rings is 1. The third-order valence-corrected chi connectivity index (χ3v) is 7.97. The number of para-hydroxylation sites is 1. The molecular formula is C36H23N3O. The van der Waals surface area contributed by atoms with Gasteiger partial charge >= 0.3 is 0 Å². The van der Waals surface area contributed by atoms with Crippen molar-refractivity contribution in [2.45, 2.75) is 13.3 Å². The highest BCUT2D eigenvalue weighted by molar-refractivity contribution is 6.21. The smallest absolute Gasteiger partial charge is 0.153 e. The Morgan fingerprint density at radius 3 is 1.95 bits per heavy atom. The van der Waals surface area contributed by atoms with Crippen LogP contribution in [-0.2, 0) is 6.42 Å². The molecule has 0 radical (unpaired) electrons. The van der Waals surface area contributed by atoms with Gasteiger partial charge in [0.15, 0.2) is 11.5 Å². The minimum atomic E-state index is 0.658. The maximum Gasteiger partial charge on any atom is 0.153 e. The van der Waals surface area contributed by atoms with Crippen LogP contribution in [0.2, 0.25) is 0 Å². The first-order chi connectivity index (χ1) is 19.7. The molecule has 4 heteroatoms. The van der Waals surface area contributed by atoms with Gasteiger partial charge < -0.3 is 4.74 Å². The monoisotopic (exact) mass is 513 g/mol. The predicted molar refractivity (Wildman–Crippen MR) is 161 cm³/mol. The summed E-state index contributed by atoms with van der Waals surface area (Å²) in [5.74, 6) is 2.69. The van der Waals surface area contributed by atoms with Crippen molar-refractivity contribution in [3.63, 3.8) is 0 Å². The Morgan fingerprint density at radius 2 is 1.32 bits per heavy atom. The van der Waals surface area contributed by atoms with Crippen molar-refractivity contribution >= 4 is 32.6 Å². The van der Waals surface area contributed by atoms with Gasteiger partial charge in [0.05, 0.1) is 22.8 Å². The minimum absolute atomic E-state index is 0.658. The fraction of sp³-hybridized carbons (Fsp3) is 0.0556. The highest BCUT2D eigenvalue weighted by Gasteiger charge is 2.25. The SMILES string of the molecule is CCc1nc2cccc3c2n1-c1ccc(-c2c4ccccc4c(-c4ccc(C#N)cc4)c4ccccc24)cc1O3. The molecule has 8 rings (SSSR count). The molecule has 0 saturated heterocycles.